The van der Waals surface area contributed by atoms with Crippen LogP contribution in [0, 0.1) is 0 Å². The van der Waals surface area contributed by atoms with Gasteiger partial charge in [0.2, 0.25) is 10.0 Å². The number of rotatable bonds is 8. The first-order valence-electron chi connectivity index (χ1n) is 8.28. The lowest BCUT2D eigenvalue weighted by Gasteiger charge is -2.10. The molecule has 2 rings (SSSR count). The first-order valence-corrected chi connectivity index (χ1v) is 9.76. The van der Waals surface area contributed by atoms with Gasteiger partial charge in [-0.15, -0.1) is 0 Å². The smallest absolute Gasteiger partial charge is 0.344 e. The minimum atomic E-state index is -3.81. The van der Waals surface area contributed by atoms with E-state index in [0.717, 1.165) is 5.56 Å². The zero-order chi connectivity index (χ0) is 19.9. The van der Waals surface area contributed by atoms with E-state index in [1.165, 1.54) is 24.3 Å². The van der Waals surface area contributed by atoms with Crippen molar-refractivity contribution in [3.05, 3.63) is 65.7 Å². The molecule has 0 bridgehead atoms. The van der Waals surface area contributed by atoms with Gasteiger partial charge in [-0.3, -0.25) is 0 Å². The lowest BCUT2D eigenvalue weighted by Crippen LogP contribution is -2.23. The van der Waals surface area contributed by atoms with Crippen LogP contribution in [0.3, 0.4) is 0 Å². The van der Waals surface area contributed by atoms with Crippen molar-refractivity contribution in [1.82, 2.24) is 4.72 Å². The highest BCUT2D eigenvalue weighted by molar-refractivity contribution is 7.89. The summed E-state index contributed by atoms with van der Waals surface area (Å²) in [6, 6.07) is 14.5. The minimum Gasteiger partial charge on any atom is -0.460 e. The second-order valence-corrected chi connectivity index (χ2v) is 7.72. The third-order valence-corrected chi connectivity index (χ3v) is 4.78. The molecule has 2 aromatic rings. The molecule has 0 aliphatic heterocycles. The van der Waals surface area contributed by atoms with Gasteiger partial charge in [-0.2, -0.15) is 0 Å². The third kappa shape index (κ3) is 6.50. The van der Waals surface area contributed by atoms with Crippen molar-refractivity contribution >= 4 is 22.0 Å². The van der Waals surface area contributed by atoms with E-state index in [0.29, 0.717) is 0 Å². The highest BCUT2D eigenvalue weighted by atomic mass is 32.2. The van der Waals surface area contributed by atoms with Crippen LogP contribution in [0.25, 0.3) is 0 Å². The van der Waals surface area contributed by atoms with Crippen LogP contribution in [0.1, 0.15) is 29.8 Å². The summed E-state index contributed by atoms with van der Waals surface area (Å²) in [4.78, 5) is 23.4. The maximum absolute atomic E-state index is 12.4. The molecule has 0 spiro atoms. The molecule has 8 heteroatoms. The molecule has 2 aromatic carbocycles. The van der Waals surface area contributed by atoms with E-state index in [1.807, 2.05) is 18.2 Å². The average molecular weight is 391 g/mol. The Hall–Kier alpha value is -2.71. The summed E-state index contributed by atoms with van der Waals surface area (Å²) >= 11 is 0. The highest BCUT2D eigenvalue weighted by Crippen LogP contribution is 2.13. The van der Waals surface area contributed by atoms with Gasteiger partial charge in [0.1, 0.15) is 0 Å². The number of esters is 2. The van der Waals surface area contributed by atoms with Gasteiger partial charge in [0.05, 0.1) is 16.6 Å². The number of hydrogen-bond acceptors (Lipinski definition) is 6. The quantitative estimate of drug-likeness (QED) is 0.693. The number of benzene rings is 2. The van der Waals surface area contributed by atoms with Crippen molar-refractivity contribution in [3.63, 3.8) is 0 Å². The first-order chi connectivity index (χ1) is 12.8. The van der Waals surface area contributed by atoms with Gasteiger partial charge < -0.3 is 9.47 Å². The summed E-state index contributed by atoms with van der Waals surface area (Å²) in [5.74, 6) is -1.48. The van der Waals surface area contributed by atoms with Crippen LogP contribution in [0.5, 0.6) is 0 Å². The molecule has 0 fully saturated rings. The van der Waals surface area contributed by atoms with E-state index in [9.17, 15) is 18.0 Å². The zero-order valence-corrected chi connectivity index (χ0v) is 15.9. The highest BCUT2D eigenvalue weighted by Gasteiger charge is 2.18. The number of hydrogen-bond donors (Lipinski definition) is 1. The molecule has 0 aliphatic rings. The normalized spacial score (nSPS) is 11.2. The Labute approximate surface area is 158 Å². The van der Waals surface area contributed by atoms with Gasteiger partial charge in [-0.25, -0.2) is 22.7 Å². The Bertz CT molecular complexity index is 893. The standard InChI is InChI=1S/C19H21NO6S/c1-14(2)26-18(21)13-25-19(22)16-9-6-10-17(11-16)27(23,24)20-12-15-7-4-3-5-8-15/h3-11,14,20H,12-13H2,1-2H3. The van der Waals surface area contributed by atoms with Crippen molar-refractivity contribution in [2.24, 2.45) is 0 Å². The van der Waals surface area contributed by atoms with E-state index in [-0.39, 0.29) is 23.1 Å². The van der Waals surface area contributed by atoms with Crippen LogP contribution < -0.4 is 4.72 Å². The molecule has 1 N–H and O–H groups in total. The van der Waals surface area contributed by atoms with Crippen molar-refractivity contribution in [1.29, 1.82) is 0 Å². The van der Waals surface area contributed by atoms with Crippen molar-refractivity contribution in [2.45, 2.75) is 31.4 Å². The van der Waals surface area contributed by atoms with Crippen molar-refractivity contribution < 1.29 is 27.5 Å². The van der Waals surface area contributed by atoms with Gasteiger partial charge >= 0.3 is 11.9 Å². The molecule has 0 atom stereocenters. The van der Waals surface area contributed by atoms with E-state index in [2.05, 4.69) is 4.72 Å². The molecule has 0 saturated heterocycles. The SMILES string of the molecule is CC(C)OC(=O)COC(=O)c1cccc(S(=O)(=O)NCc2ccccc2)c1. The topological polar surface area (TPSA) is 98.8 Å². The maximum atomic E-state index is 12.4. The van der Waals surface area contributed by atoms with Gasteiger partial charge in [-0.1, -0.05) is 36.4 Å². The molecule has 0 saturated carbocycles. The van der Waals surface area contributed by atoms with E-state index in [4.69, 9.17) is 9.47 Å². The van der Waals surface area contributed by atoms with Crippen LogP contribution in [0.2, 0.25) is 0 Å². The molecule has 0 aromatic heterocycles. The Morgan fingerprint density at radius 1 is 1.04 bits per heavy atom. The molecule has 0 heterocycles. The van der Waals surface area contributed by atoms with Gasteiger partial charge in [0.25, 0.3) is 0 Å². The Morgan fingerprint density at radius 2 is 1.74 bits per heavy atom. The van der Waals surface area contributed by atoms with Crippen LogP contribution in [-0.4, -0.2) is 33.1 Å². The molecule has 0 amide bonds. The second-order valence-electron chi connectivity index (χ2n) is 5.95. The fraction of sp³-hybridized carbons (Fsp3) is 0.263. The van der Waals surface area contributed by atoms with E-state index in [1.54, 1.807) is 26.0 Å². The number of carbonyl (C=O) groups excluding carboxylic acids is 2. The predicted molar refractivity (Wildman–Crippen MR) is 98.4 cm³/mol. The third-order valence-electron chi connectivity index (χ3n) is 3.38. The Kier molecular flexibility index (Phi) is 7.09. The average Bonchev–Trinajstić information content (AvgIpc) is 2.65. The Balaban J connectivity index is 2.02. The molecule has 0 radical (unpaired) electrons. The maximum Gasteiger partial charge on any atom is 0.344 e. The van der Waals surface area contributed by atoms with Gasteiger partial charge in [0, 0.05) is 6.54 Å². The van der Waals surface area contributed by atoms with E-state index < -0.39 is 28.6 Å². The Morgan fingerprint density at radius 3 is 2.41 bits per heavy atom. The summed E-state index contributed by atoms with van der Waals surface area (Å²) < 4.78 is 37.1. The fourth-order valence-electron chi connectivity index (χ4n) is 2.15. The molecule has 0 unspecified atom stereocenters. The van der Waals surface area contributed by atoms with Crippen LogP contribution in [0.15, 0.2) is 59.5 Å². The summed E-state index contributed by atoms with van der Waals surface area (Å²) in [5, 5.41) is 0. The number of carbonyl (C=O) groups is 2. The van der Waals surface area contributed by atoms with E-state index >= 15 is 0 Å². The molecule has 0 aliphatic carbocycles. The number of ether oxygens (including phenoxy) is 2. The molecule has 7 nitrogen and oxygen atoms in total. The number of nitrogens with one attached hydrogen (secondary N) is 1. The monoisotopic (exact) mass is 391 g/mol. The summed E-state index contributed by atoms with van der Waals surface area (Å²) in [6.07, 6.45) is -0.319. The van der Waals surface area contributed by atoms with Crippen LogP contribution in [-0.2, 0) is 30.8 Å². The molecular formula is C19H21NO6S. The molecular weight excluding hydrogens is 370 g/mol. The summed E-state index contributed by atoms with van der Waals surface area (Å²) in [5.41, 5.74) is 0.829. The van der Waals surface area contributed by atoms with Crippen LogP contribution >= 0.6 is 0 Å². The molecule has 27 heavy (non-hydrogen) atoms. The minimum absolute atomic E-state index is 0.0231. The van der Waals surface area contributed by atoms with Gasteiger partial charge in [-0.05, 0) is 37.6 Å². The first kappa shape index (κ1) is 20.6. The second kappa shape index (κ2) is 9.29. The van der Waals surface area contributed by atoms with Crippen molar-refractivity contribution in [2.75, 3.05) is 6.61 Å². The lowest BCUT2D eigenvalue weighted by molar-refractivity contribution is -0.150. The van der Waals surface area contributed by atoms with Crippen molar-refractivity contribution in [3.8, 4) is 0 Å². The largest absolute Gasteiger partial charge is 0.460 e. The molecule has 144 valence electrons. The summed E-state index contributed by atoms with van der Waals surface area (Å²) in [6.45, 7) is 2.94. The number of sulfonamides is 1. The predicted octanol–water partition coefficient (Wildman–Crippen LogP) is 2.27. The van der Waals surface area contributed by atoms with Gasteiger partial charge in [0.15, 0.2) is 6.61 Å². The fourth-order valence-corrected chi connectivity index (χ4v) is 3.22. The lowest BCUT2D eigenvalue weighted by atomic mass is 10.2. The summed E-state index contributed by atoms with van der Waals surface area (Å²) in [7, 11) is -3.81. The van der Waals surface area contributed by atoms with Crippen LogP contribution in [0.4, 0.5) is 0 Å². The zero-order valence-electron chi connectivity index (χ0n) is 15.0.